The first-order chi connectivity index (χ1) is 6.19. The Morgan fingerprint density at radius 1 is 1.15 bits per heavy atom. The number of allylic oxidation sites excluding steroid dienone is 1. The Balaban J connectivity index is 4.66. The highest BCUT2D eigenvalue weighted by Crippen LogP contribution is 1.95. The highest BCUT2D eigenvalue weighted by atomic mass is 16.1. The molecule has 0 fully saturated rings. The van der Waals surface area contributed by atoms with Crippen LogP contribution in [0, 0.1) is 0 Å². The first-order valence-electron chi connectivity index (χ1n) is 3.56. The van der Waals surface area contributed by atoms with Gasteiger partial charge in [-0.1, -0.05) is 26.3 Å². The second-order valence-corrected chi connectivity index (χ2v) is 2.04. The fraction of sp³-hybridized carbons (Fsp3) is 0. The van der Waals surface area contributed by atoms with E-state index in [0.29, 0.717) is 5.70 Å². The smallest absolute Gasteiger partial charge is 0.263 e. The first-order valence-corrected chi connectivity index (χ1v) is 3.56. The Morgan fingerprint density at radius 3 is 2.08 bits per heavy atom. The summed E-state index contributed by atoms with van der Waals surface area (Å²) < 4.78 is 0. The summed E-state index contributed by atoms with van der Waals surface area (Å²) in [5.74, 6) is -0.351. The minimum absolute atomic E-state index is 0.273. The highest BCUT2D eigenvalue weighted by molar-refractivity contribution is 5.96. The third-order valence-corrected chi connectivity index (χ3v) is 1.28. The van der Waals surface area contributed by atoms with E-state index in [-0.39, 0.29) is 11.5 Å². The van der Waals surface area contributed by atoms with Gasteiger partial charge in [0.25, 0.3) is 5.91 Å². The van der Waals surface area contributed by atoms with E-state index in [0.717, 1.165) is 0 Å². The van der Waals surface area contributed by atoms with Crippen LogP contribution in [0.15, 0.2) is 61.2 Å². The van der Waals surface area contributed by atoms with Crippen molar-refractivity contribution in [1.29, 1.82) is 0 Å². The third-order valence-electron chi connectivity index (χ3n) is 1.28. The molecule has 1 amide bonds. The van der Waals surface area contributed by atoms with Gasteiger partial charge in [0.05, 0.1) is 11.3 Å². The molecule has 0 aliphatic rings. The molecule has 0 heterocycles. The normalized spacial score (nSPS) is 7.38. The monoisotopic (exact) mass is 173 g/mol. The van der Waals surface area contributed by atoms with E-state index in [1.807, 2.05) is 0 Å². The first kappa shape index (κ1) is 11.0. The SMILES string of the molecule is C=C=C(C=C)NC(=O)C(=C=C)C=C. The molecular formula is C11H11NO. The molecular weight excluding hydrogens is 162 g/mol. The molecule has 13 heavy (non-hydrogen) atoms. The zero-order valence-electron chi connectivity index (χ0n) is 7.39. The minimum atomic E-state index is -0.351. The summed E-state index contributed by atoms with van der Waals surface area (Å²) >= 11 is 0. The maximum Gasteiger partial charge on any atom is 0.263 e. The maximum atomic E-state index is 11.3. The van der Waals surface area contributed by atoms with Gasteiger partial charge in [-0.2, -0.15) is 0 Å². The fourth-order valence-corrected chi connectivity index (χ4v) is 0.602. The lowest BCUT2D eigenvalue weighted by Crippen LogP contribution is -2.21. The molecule has 0 saturated heterocycles. The third kappa shape index (κ3) is 3.26. The predicted octanol–water partition coefficient (Wildman–Crippen LogP) is 1.85. The minimum Gasteiger partial charge on any atom is -0.315 e. The molecule has 0 saturated carbocycles. The molecule has 66 valence electrons. The van der Waals surface area contributed by atoms with Crippen molar-refractivity contribution >= 4 is 5.91 Å². The number of nitrogens with one attached hydrogen (secondary N) is 1. The van der Waals surface area contributed by atoms with Crippen LogP contribution in [0.3, 0.4) is 0 Å². The Kier molecular flexibility index (Phi) is 4.75. The van der Waals surface area contributed by atoms with Crippen molar-refractivity contribution in [1.82, 2.24) is 5.32 Å². The molecule has 0 aromatic carbocycles. The Labute approximate surface area is 78.0 Å². The van der Waals surface area contributed by atoms with E-state index >= 15 is 0 Å². The number of rotatable bonds is 4. The standard InChI is InChI=1S/C11H11NO/c1-5-9(6-2)11(13)12-10(7-3)8-4/h5,7H,1-4H2,(H,12,13). The van der Waals surface area contributed by atoms with Crippen molar-refractivity contribution in [3.05, 3.63) is 61.2 Å². The van der Waals surface area contributed by atoms with Gasteiger partial charge in [-0.3, -0.25) is 4.79 Å². The van der Waals surface area contributed by atoms with Crippen molar-refractivity contribution < 1.29 is 4.79 Å². The van der Waals surface area contributed by atoms with Gasteiger partial charge < -0.3 is 5.32 Å². The van der Waals surface area contributed by atoms with Crippen molar-refractivity contribution in [3.8, 4) is 0 Å². The average Bonchev–Trinajstić information content (AvgIpc) is 2.16. The van der Waals surface area contributed by atoms with Crippen molar-refractivity contribution in [2.75, 3.05) is 0 Å². The largest absolute Gasteiger partial charge is 0.315 e. The summed E-state index contributed by atoms with van der Waals surface area (Å²) in [5, 5.41) is 2.49. The number of hydrogen-bond acceptors (Lipinski definition) is 1. The van der Waals surface area contributed by atoms with E-state index in [4.69, 9.17) is 0 Å². The lowest BCUT2D eigenvalue weighted by Gasteiger charge is -2.01. The summed E-state index contributed by atoms with van der Waals surface area (Å²) in [7, 11) is 0. The maximum absolute atomic E-state index is 11.3. The quantitative estimate of drug-likeness (QED) is 0.392. The summed E-state index contributed by atoms with van der Waals surface area (Å²) in [6.07, 6.45) is 2.81. The second kappa shape index (κ2) is 5.62. The van der Waals surface area contributed by atoms with Crippen LogP contribution in [0.1, 0.15) is 0 Å². The van der Waals surface area contributed by atoms with Crippen molar-refractivity contribution in [3.63, 3.8) is 0 Å². The highest BCUT2D eigenvalue weighted by Gasteiger charge is 2.04. The topological polar surface area (TPSA) is 29.1 Å². The lowest BCUT2D eigenvalue weighted by atomic mass is 10.2. The molecule has 0 spiro atoms. The molecule has 0 aliphatic heterocycles. The van der Waals surface area contributed by atoms with Crippen LogP contribution < -0.4 is 5.32 Å². The van der Waals surface area contributed by atoms with Gasteiger partial charge in [-0.25, -0.2) is 0 Å². The predicted molar refractivity (Wildman–Crippen MR) is 53.8 cm³/mol. The summed E-state index contributed by atoms with van der Waals surface area (Å²) in [6.45, 7) is 13.6. The van der Waals surface area contributed by atoms with Crippen LogP contribution in [0.5, 0.6) is 0 Å². The van der Waals surface area contributed by atoms with Crippen LogP contribution in [0.4, 0.5) is 0 Å². The van der Waals surface area contributed by atoms with Crippen LogP contribution in [-0.4, -0.2) is 5.91 Å². The summed E-state index contributed by atoms with van der Waals surface area (Å²) in [4.78, 5) is 11.3. The Bertz CT molecular complexity index is 337. The average molecular weight is 173 g/mol. The van der Waals surface area contributed by atoms with Gasteiger partial charge in [0.1, 0.15) is 0 Å². The van der Waals surface area contributed by atoms with Gasteiger partial charge in [0.15, 0.2) is 0 Å². The zero-order chi connectivity index (χ0) is 10.3. The van der Waals surface area contributed by atoms with Crippen LogP contribution in [-0.2, 0) is 4.79 Å². The molecule has 0 aromatic heterocycles. The van der Waals surface area contributed by atoms with Crippen molar-refractivity contribution in [2.45, 2.75) is 0 Å². The van der Waals surface area contributed by atoms with E-state index in [1.165, 1.54) is 12.2 Å². The molecule has 0 radical (unpaired) electrons. The van der Waals surface area contributed by atoms with Gasteiger partial charge >= 0.3 is 0 Å². The Hall–Kier alpha value is -2.01. The zero-order valence-corrected chi connectivity index (χ0v) is 7.39. The molecule has 0 aromatic rings. The summed E-state index contributed by atoms with van der Waals surface area (Å²) in [6, 6.07) is 0. The van der Waals surface area contributed by atoms with E-state index in [1.54, 1.807) is 0 Å². The van der Waals surface area contributed by atoms with Crippen molar-refractivity contribution in [2.24, 2.45) is 0 Å². The van der Waals surface area contributed by atoms with Gasteiger partial charge in [-0.05, 0) is 12.2 Å². The van der Waals surface area contributed by atoms with Crippen LogP contribution >= 0.6 is 0 Å². The molecule has 0 rings (SSSR count). The lowest BCUT2D eigenvalue weighted by molar-refractivity contribution is -0.116. The molecule has 2 nitrogen and oxygen atoms in total. The number of hydrogen-bond donors (Lipinski definition) is 1. The summed E-state index contributed by atoms with van der Waals surface area (Å²) in [5.41, 5.74) is 5.64. The molecule has 0 aliphatic carbocycles. The second-order valence-electron chi connectivity index (χ2n) is 2.04. The van der Waals surface area contributed by atoms with Gasteiger partial charge in [-0.15, -0.1) is 11.5 Å². The molecule has 0 unspecified atom stereocenters. The molecule has 0 atom stereocenters. The molecule has 0 bridgehead atoms. The van der Waals surface area contributed by atoms with Gasteiger partial charge in [0.2, 0.25) is 0 Å². The number of carbonyl (C=O) groups is 1. The fourth-order valence-electron chi connectivity index (χ4n) is 0.602. The number of amides is 1. The van der Waals surface area contributed by atoms with E-state index in [9.17, 15) is 4.79 Å². The van der Waals surface area contributed by atoms with E-state index in [2.05, 4.69) is 43.1 Å². The Morgan fingerprint density at radius 2 is 1.77 bits per heavy atom. The van der Waals surface area contributed by atoms with Crippen LogP contribution in [0.25, 0.3) is 0 Å². The van der Waals surface area contributed by atoms with Crippen LogP contribution in [0.2, 0.25) is 0 Å². The molecule has 1 N–H and O–H groups in total. The number of carbonyl (C=O) groups excluding carboxylic acids is 1. The van der Waals surface area contributed by atoms with E-state index < -0.39 is 0 Å². The van der Waals surface area contributed by atoms with Gasteiger partial charge in [0, 0.05) is 0 Å². The molecule has 2 heteroatoms.